The lowest BCUT2D eigenvalue weighted by Gasteiger charge is -2.39. The van der Waals surface area contributed by atoms with Gasteiger partial charge >= 0.3 is 0 Å². The van der Waals surface area contributed by atoms with Gasteiger partial charge in [-0.05, 0) is 55.6 Å². The second-order valence-corrected chi connectivity index (χ2v) is 7.12. The molecule has 2 atom stereocenters. The number of benzene rings is 2. The average Bonchev–Trinajstić information content (AvgIpc) is 3.20. The molecule has 3 heteroatoms. The van der Waals surface area contributed by atoms with Crippen LogP contribution in [0.15, 0.2) is 67.3 Å². The molecule has 0 spiro atoms. The third-order valence-corrected chi connectivity index (χ3v) is 5.46. The molecule has 0 radical (unpaired) electrons. The van der Waals surface area contributed by atoms with Crippen LogP contribution < -0.4 is 4.74 Å². The van der Waals surface area contributed by atoms with Crippen molar-refractivity contribution in [3.8, 4) is 5.75 Å². The molecule has 26 heavy (non-hydrogen) atoms. The Hall–Kier alpha value is -2.10. The number of rotatable bonds is 8. The Labute approximate surface area is 156 Å². The van der Waals surface area contributed by atoms with Crippen LogP contribution in [-0.4, -0.2) is 36.8 Å². The highest BCUT2D eigenvalue weighted by atomic mass is 16.5. The largest absolute Gasteiger partial charge is 0.497 e. The molecule has 3 nitrogen and oxygen atoms in total. The van der Waals surface area contributed by atoms with E-state index in [4.69, 9.17) is 4.74 Å². The van der Waals surface area contributed by atoms with Gasteiger partial charge in [0.1, 0.15) is 11.4 Å². The van der Waals surface area contributed by atoms with Crippen LogP contribution >= 0.6 is 0 Å². The quantitative estimate of drug-likeness (QED) is 0.718. The summed E-state index contributed by atoms with van der Waals surface area (Å²) in [7, 11) is 1.66. The second-order valence-electron chi connectivity index (χ2n) is 7.12. The molecule has 3 rings (SSSR count). The van der Waals surface area contributed by atoms with Crippen LogP contribution in [0.2, 0.25) is 0 Å². The standard InChI is InChI=1S/C23H29NO2/c1-3-15-23(25,20-11-13-21(26-2)14-12-20)22(18-24-16-7-8-17-24)19-9-5-4-6-10-19/h3-6,9-14,22,25H,1,7-8,15-18H2,2H3/t22-,23+/m0/s1. The molecule has 0 aromatic heterocycles. The van der Waals surface area contributed by atoms with Gasteiger partial charge in [-0.15, -0.1) is 6.58 Å². The van der Waals surface area contributed by atoms with Crippen LogP contribution in [0.25, 0.3) is 0 Å². The fourth-order valence-electron chi connectivity index (χ4n) is 4.00. The van der Waals surface area contributed by atoms with Crippen LogP contribution in [0.4, 0.5) is 0 Å². The number of aliphatic hydroxyl groups is 1. The first-order valence-electron chi connectivity index (χ1n) is 9.42. The summed E-state index contributed by atoms with van der Waals surface area (Å²) in [5.41, 5.74) is 1.07. The van der Waals surface area contributed by atoms with Gasteiger partial charge in [0.05, 0.1) is 7.11 Å². The SMILES string of the molecule is C=CC[C@@](O)(c1ccc(OC)cc1)[C@@H](CN1CCCC1)c1ccccc1. The first kappa shape index (κ1) is 18.7. The van der Waals surface area contributed by atoms with Gasteiger partial charge in [0, 0.05) is 12.5 Å². The van der Waals surface area contributed by atoms with Crippen LogP contribution in [-0.2, 0) is 5.60 Å². The second kappa shape index (κ2) is 8.52. The summed E-state index contributed by atoms with van der Waals surface area (Å²) < 4.78 is 5.28. The normalized spacial score (nSPS) is 18.2. The van der Waals surface area contributed by atoms with E-state index in [0.29, 0.717) is 6.42 Å². The van der Waals surface area contributed by atoms with E-state index in [9.17, 15) is 5.11 Å². The van der Waals surface area contributed by atoms with E-state index >= 15 is 0 Å². The maximum Gasteiger partial charge on any atom is 0.118 e. The molecule has 2 aromatic rings. The summed E-state index contributed by atoms with van der Waals surface area (Å²) in [6, 6.07) is 18.2. The number of methoxy groups -OCH3 is 1. The molecule has 1 saturated heterocycles. The molecule has 1 heterocycles. The lowest BCUT2D eigenvalue weighted by Crippen LogP contribution is -2.40. The summed E-state index contributed by atoms with van der Waals surface area (Å²) in [4.78, 5) is 2.47. The van der Waals surface area contributed by atoms with Crippen molar-refractivity contribution in [2.45, 2.75) is 30.8 Å². The minimum Gasteiger partial charge on any atom is -0.497 e. The van der Waals surface area contributed by atoms with Crippen LogP contribution in [0, 0.1) is 0 Å². The summed E-state index contributed by atoms with van der Waals surface area (Å²) >= 11 is 0. The summed E-state index contributed by atoms with van der Waals surface area (Å²) in [6.45, 7) is 6.98. The molecule has 0 unspecified atom stereocenters. The topological polar surface area (TPSA) is 32.7 Å². The number of hydrogen-bond acceptors (Lipinski definition) is 3. The molecule has 138 valence electrons. The zero-order chi connectivity index (χ0) is 18.4. The van der Waals surface area contributed by atoms with Gasteiger partial charge in [-0.1, -0.05) is 48.5 Å². The van der Waals surface area contributed by atoms with Gasteiger partial charge in [0.15, 0.2) is 0 Å². The van der Waals surface area contributed by atoms with E-state index in [-0.39, 0.29) is 5.92 Å². The van der Waals surface area contributed by atoms with Crippen LogP contribution in [0.3, 0.4) is 0 Å². The van der Waals surface area contributed by atoms with E-state index in [1.807, 2.05) is 36.4 Å². The van der Waals surface area contributed by atoms with Crippen molar-refractivity contribution in [1.29, 1.82) is 0 Å². The first-order chi connectivity index (χ1) is 12.7. The average molecular weight is 351 g/mol. The Morgan fingerprint density at radius 1 is 1.12 bits per heavy atom. The summed E-state index contributed by atoms with van der Waals surface area (Å²) in [6.07, 6.45) is 4.81. The molecule has 1 aliphatic heterocycles. The summed E-state index contributed by atoms with van der Waals surface area (Å²) in [5.74, 6) is 0.777. The molecule has 2 aromatic carbocycles. The highest BCUT2D eigenvalue weighted by Crippen LogP contribution is 2.41. The van der Waals surface area contributed by atoms with Crippen molar-refractivity contribution in [3.63, 3.8) is 0 Å². The van der Waals surface area contributed by atoms with Crippen molar-refractivity contribution in [2.75, 3.05) is 26.7 Å². The highest BCUT2D eigenvalue weighted by molar-refractivity contribution is 5.36. The predicted molar refractivity (Wildman–Crippen MR) is 107 cm³/mol. The Bertz CT molecular complexity index is 692. The molecular formula is C23H29NO2. The fourth-order valence-corrected chi connectivity index (χ4v) is 4.00. The number of nitrogens with zero attached hydrogens (tertiary/aromatic N) is 1. The Balaban J connectivity index is 2.01. The predicted octanol–water partition coefficient (Wildman–Crippen LogP) is 4.34. The van der Waals surface area contributed by atoms with E-state index in [1.54, 1.807) is 7.11 Å². The molecule has 0 amide bonds. The third kappa shape index (κ3) is 4.00. The lowest BCUT2D eigenvalue weighted by molar-refractivity contribution is -0.000360. The smallest absolute Gasteiger partial charge is 0.118 e. The number of likely N-dealkylation sites (tertiary alicyclic amines) is 1. The Morgan fingerprint density at radius 2 is 1.77 bits per heavy atom. The third-order valence-electron chi connectivity index (χ3n) is 5.46. The van der Waals surface area contributed by atoms with Gasteiger partial charge < -0.3 is 14.7 Å². The van der Waals surface area contributed by atoms with E-state index in [1.165, 1.54) is 18.4 Å². The van der Waals surface area contributed by atoms with Crippen molar-refractivity contribution in [2.24, 2.45) is 0 Å². The van der Waals surface area contributed by atoms with Gasteiger partial charge in [0.25, 0.3) is 0 Å². The van der Waals surface area contributed by atoms with E-state index in [2.05, 4.69) is 35.7 Å². The van der Waals surface area contributed by atoms with Crippen molar-refractivity contribution in [1.82, 2.24) is 4.90 Å². The van der Waals surface area contributed by atoms with Crippen LogP contribution in [0.1, 0.15) is 36.3 Å². The Morgan fingerprint density at radius 3 is 2.35 bits per heavy atom. The first-order valence-corrected chi connectivity index (χ1v) is 9.42. The Kier molecular flexibility index (Phi) is 6.12. The zero-order valence-corrected chi connectivity index (χ0v) is 15.6. The zero-order valence-electron chi connectivity index (χ0n) is 15.6. The van der Waals surface area contributed by atoms with Gasteiger partial charge in [-0.25, -0.2) is 0 Å². The van der Waals surface area contributed by atoms with E-state index in [0.717, 1.165) is 30.9 Å². The lowest BCUT2D eigenvalue weighted by atomic mass is 9.75. The molecule has 1 fully saturated rings. The molecule has 0 aliphatic carbocycles. The summed E-state index contributed by atoms with van der Waals surface area (Å²) in [5, 5.41) is 11.9. The molecular weight excluding hydrogens is 322 g/mol. The number of hydrogen-bond donors (Lipinski definition) is 1. The van der Waals surface area contributed by atoms with Crippen molar-refractivity contribution >= 4 is 0 Å². The monoisotopic (exact) mass is 351 g/mol. The van der Waals surface area contributed by atoms with Gasteiger partial charge in [-0.3, -0.25) is 0 Å². The molecule has 1 aliphatic rings. The molecule has 1 N–H and O–H groups in total. The van der Waals surface area contributed by atoms with Gasteiger partial charge in [-0.2, -0.15) is 0 Å². The van der Waals surface area contributed by atoms with Crippen molar-refractivity contribution < 1.29 is 9.84 Å². The maximum absolute atomic E-state index is 11.9. The van der Waals surface area contributed by atoms with E-state index < -0.39 is 5.60 Å². The van der Waals surface area contributed by atoms with Crippen LogP contribution in [0.5, 0.6) is 5.75 Å². The minimum absolute atomic E-state index is 0.0202. The highest BCUT2D eigenvalue weighted by Gasteiger charge is 2.39. The molecule has 0 saturated carbocycles. The minimum atomic E-state index is -1.00. The molecule has 0 bridgehead atoms. The van der Waals surface area contributed by atoms with Crippen molar-refractivity contribution in [3.05, 3.63) is 78.4 Å². The maximum atomic E-state index is 11.9. The van der Waals surface area contributed by atoms with Gasteiger partial charge in [0.2, 0.25) is 0 Å². The fraction of sp³-hybridized carbons (Fsp3) is 0.391. The number of ether oxygens (including phenoxy) is 1.